The lowest BCUT2D eigenvalue weighted by molar-refractivity contribution is -0.134. The van der Waals surface area contributed by atoms with Crippen LogP contribution >= 0.6 is 0 Å². The summed E-state index contributed by atoms with van der Waals surface area (Å²) in [7, 11) is -3.41. The zero-order valence-electron chi connectivity index (χ0n) is 13.4. The smallest absolute Gasteiger partial charge is 0.244 e. The van der Waals surface area contributed by atoms with Gasteiger partial charge in [0.25, 0.3) is 0 Å². The number of rotatable bonds is 4. The highest BCUT2D eigenvalue weighted by Crippen LogP contribution is 2.39. The summed E-state index contributed by atoms with van der Waals surface area (Å²) in [4.78, 5) is 14.8. The minimum atomic E-state index is -3.41. The van der Waals surface area contributed by atoms with Crippen molar-refractivity contribution in [3.05, 3.63) is 0 Å². The van der Waals surface area contributed by atoms with E-state index in [-0.39, 0.29) is 11.3 Å². The Morgan fingerprint density at radius 3 is 2.14 bits per heavy atom. The highest BCUT2D eigenvalue weighted by Gasteiger charge is 2.52. The Morgan fingerprint density at radius 1 is 1.14 bits per heavy atom. The fourth-order valence-corrected chi connectivity index (χ4v) is 5.19. The van der Waals surface area contributed by atoms with E-state index in [0.29, 0.717) is 39.0 Å². The van der Waals surface area contributed by atoms with Gasteiger partial charge in [0.05, 0.1) is 0 Å². The minimum Gasteiger partial charge on any atom is -0.341 e. The number of amides is 1. The summed E-state index contributed by atoms with van der Waals surface area (Å²) in [6.45, 7) is 6.93. The number of nitrogens with one attached hydrogen (secondary N) is 1. The third-order valence-electron chi connectivity index (χ3n) is 5.74. The molecule has 0 aromatic heterocycles. The van der Waals surface area contributed by atoms with Gasteiger partial charge in [-0.15, -0.1) is 0 Å². The van der Waals surface area contributed by atoms with E-state index in [1.165, 1.54) is 6.26 Å². The molecule has 0 aromatic carbocycles. The van der Waals surface area contributed by atoms with Crippen LogP contribution < -0.4 is 5.32 Å². The summed E-state index contributed by atoms with van der Waals surface area (Å²) in [5.74, 6) is -0.157. The minimum absolute atomic E-state index is 0.157. The van der Waals surface area contributed by atoms with Crippen LogP contribution in [0.25, 0.3) is 0 Å². The van der Waals surface area contributed by atoms with E-state index in [1.54, 1.807) is 0 Å². The molecule has 0 atom stereocenters. The highest BCUT2D eigenvalue weighted by atomic mass is 32.2. The van der Waals surface area contributed by atoms with Crippen molar-refractivity contribution in [1.29, 1.82) is 0 Å². The van der Waals surface area contributed by atoms with Crippen molar-refractivity contribution in [2.45, 2.75) is 50.7 Å². The number of carbonyl (C=O) groups excluding carboxylic acids is 1. The number of nitrogens with zero attached hydrogens (tertiary/aromatic N) is 1. The second-order valence-electron chi connectivity index (χ2n) is 6.70. The molecule has 2 fully saturated rings. The largest absolute Gasteiger partial charge is 0.341 e. The summed E-state index contributed by atoms with van der Waals surface area (Å²) in [6, 6.07) is 0. The van der Waals surface area contributed by atoms with Crippen LogP contribution in [0.1, 0.15) is 46.0 Å². The SMILES string of the molecule is CCC1(CC)CCN(C(=O)C2(S(C)(=O)=O)CCNCC2)C1. The Bertz CT molecular complexity index is 491. The predicted octanol–water partition coefficient (Wildman–Crippen LogP) is 1.19. The first kappa shape index (κ1) is 16.7. The molecule has 2 saturated heterocycles. The lowest BCUT2D eigenvalue weighted by atomic mass is 9.82. The Hall–Kier alpha value is -0.620. The summed E-state index contributed by atoms with van der Waals surface area (Å²) in [6.07, 6.45) is 5.09. The molecule has 1 N–H and O–H groups in total. The molecule has 0 spiro atoms. The summed E-state index contributed by atoms with van der Waals surface area (Å²) >= 11 is 0. The van der Waals surface area contributed by atoms with Crippen molar-refractivity contribution in [2.24, 2.45) is 5.41 Å². The van der Waals surface area contributed by atoms with Gasteiger partial charge < -0.3 is 10.2 Å². The van der Waals surface area contributed by atoms with Gasteiger partial charge in [0.2, 0.25) is 5.91 Å². The van der Waals surface area contributed by atoms with Crippen molar-refractivity contribution in [3.63, 3.8) is 0 Å². The average molecular weight is 316 g/mol. The maximum atomic E-state index is 13.0. The maximum Gasteiger partial charge on any atom is 0.244 e. The molecule has 2 aliphatic heterocycles. The molecule has 0 radical (unpaired) electrons. The van der Waals surface area contributed by atoms with Crippen LogP contribution in [0.2, 0.25) is 0 Å². The molecule has 1 amide bonds. The molecule has 0 aromatic rings. The Balaban J connectivity index is 2.25. The summed E-state index contributed by atoms with van der Waals surface area (Å²) in [5, 5.41) is 3.16. The van der Waals surface area contributed by atoms with Gasteiger partial charge in [-0.05, 0) is 50.6 Å². The fourth-order valence-electron chi connectivity index (χ4n) is 3.80. The van der Waals surface area contributed by atoms with Crippen molar-refractivity contribution < 1.29 is 13.2 Å². The quantitative estimate of drug-likeness (QED) is 0.846. The average Bonchev–Trinajstić information content (AvgIpc) is 2.91. The molecular weight excluding hydrogens is 288 g/mol. The van der Waals surface area contributed by atoms with E-state index < -0.39 is 14.6 Å². The maximum absolute atomic E-state index is 13.0. The molecule has 0 bridgehead atoms. The Morgan fingerprint density at radius 2 is 1.71 bits per heavy atom. The van der Waals surface area contributed by atoms with Crippen LogP contribution in [0.4, 0.5) is 0 Å². The zero-order valence-corrected chi connectivity index (χ0v) is 14.3. The topological polar surface area (TPSA) is 66.5 Å². The summed E-state index contributed by atoms with van der Waals surface area (Å²) in [5.41, 5.74) is 0.182. The fraction of sp³-hybridized carbons (Fsp3) is 0.933. The number of carbonyl (C=O) groups is 1. The van der Waals surface area contributed by atoms with Crippen molar-refractivity contribution >= 4 is 15.7 Å². The van der Waals surface area contributed by atoms with E-state index in [1.807, 2.05) is 4.90 Å². The first-order chi connectivity index (χ1) is 9.80. The van der Waals surface area contributed by atoms with Gasteiger partial charge in [-0.25, -0.2) is 8.42 Å². The Labute approximate surface area is 128 Å². The molecule has 0 saturated carbocycles. The third-order valence-corrected chi connectivity index (χ3v) is 7.74. The van der Waals surface area contributed by atoms with Gasteiger partial charge in [0.15, 0.2) is 14.6 Å². The van der Waals surface area contributed by atoms with Crippen LogP contribution in [-0.4, -0.2) is 56.4 Å². The van der Waals surface area contributed by atoms with Crippen molar-refractivity contribution in [1.82, 2.24) is 10.2 Å². The molecule has 122 valence electrons. The predicted molar refractivity (Wildman–Crippen MR) is 83.9 cm³/mol. The number of piperidine rings is 1. The lowest BCUT2D eigenvalue weighted by Crippen LogP contribution is -2.58. The molecule has 5 nitrogen and oxygen atoms in total. The van der Waals surface area contributed by atoms with E-state index in [9.17, 15) is 13.2 Å². The van der Waals surface area contributed by atoms with Gasteiger partial charge in [-0.1, -0.05) is 13.8 Å². The van der Waals surface area contributed by atoms with Gasteiger partial charge in [-0.3, -0.25) is 4.79 Å². The number of likely N-dealkylation sites (tertiary alicyclic amines) is 1. The highest BCUT2D eigenvalue weighted by molar-refractivity contribution is 7.92. The zero-order chi connectivity index (χ0) is 15.7. The summed E-state index contributed by atoms with van der Waals surface area (Å²) < 4.78 is 23.5. The molecule has 6 heteroatoms. The van der Waals surface area contributed by atoms with Crippen LogP contribution in [0, 0.1) is 5.41 Å². The normalized spacial score (nSPS) is 25.0. The second-order valence-corrected chi connectivity index (χ2v) is 9.03. The first-order valence-corrected chi connectivity index (χ1v) is 9.89. The molecule has 2 aliphatic rings. The van der Waals surface area contributed by atoms with Crippen molar-refractivity contribution in [3.8, 4) is 0 Å². The standard InChI is InChI=1S/C15H28N2O3S/c1-4-14(5-2)8-11-17(12-14)13(18)15(21(3,19)20)6-9-16-10-7-15/h16H,4-12H2,1-3H3. The molecule has 21 heavy (non-hydrogen) atoms. The molecule has 0 unspecified atom stereocenters. The second kappa shape index (κ2) is 5.88. The molecule has 0 aliphatic carbocycles. The van der Waals surface area contributed by atoms with Gasteiger partial charge >= 0.3 is 0 Å². The number of hydrogen-bond donors (Lipinski definition) is 1. The van der Waals surface area contributed by atoms with Gasteiger partial charge in [0, 0.05) is 19.3 Å². The Kier molecular flexibility index (Phi) is 4.69. The number of hydrogen-bond acceptors (Lipinski definition) is 4. The van der Waals surface area contributed by atoms with E-state index in [4.69, 9.17) is 0 Å². The van der Waals surface area contributed by atoms with Gasteiger partial charge in [-0.2, -0.15) is 0 Å². The first-order valence-electron chi connectivity index (χ1n) is 8.00. The van der Waals surface area contributed by atoms with Gasteiger partial charge in [0.1, 0.15) is 0 Å². The van der Waals surface area contributed by atoms with E-state index >= 15 is 0 Å². The van der Waals surface area contributed by atoms with Crippen LogP contribution in [0.15, 0.2) is 0 Å². The molecule has 2 rings (SSSR count). The van der Waals surface area contributed by atoms with E-state index in [2.05, 4.69) is 19.2 Å². The monoisotopic (exact) mass is 316 g/mol. The molecular formula is C15H28N2O3S. The van der Waals surface area contributed by atoms with E-state index in [0.717, 1.165) is 19.3 Å². The number of sulfone groups is 1. The van der Waals surface area contributed by atoms with Crippen LogP contribution in [0.5, 0.6) is 0 Å². The third kappa shape index (κ3) is 2.84. The lowest BCUT2D eigenvalue weighted by Gasteiger charge is -2.38. The van der Waals surface area contributed by atoms with Crippen LogP contribution in [0.3, 0.4) is 0 Å². The van der Waals surface area contributed by atoms with Crippen molar-refractivity contribution in [2.75, 3.05) is 32.4 Å². The molecule has 2 heterocycles. The van der Waals surface area contributed by atoms with Crippen LogP contribution in [-0.2, 0) is 14.6 Å².